The van der Waals surface area contributed by atoms with Gasteiger partial charge in [-0.05, 0) is 37.2 Å². The van der Waals surface area contributed by atoms with Gasteiger partial charge in [-0.15, -0.1) is 0 Å². The minimum atomic E-state index is -2.87. The van der Waals surface area contributed by atoms with Crippen molar-refractivity contribution in [2.45, 2.75) is 26.3 Å². The van der Waals surface area contributed by atoms with E-state index < -0.39 is 9.84 Å². The molecule has 0 aromatic carbocycles. The van der Waals surface area contributed by atoms with E-state index in [0.29, 0.717) is 12.8 Å². The van der Waals surface area contributed by atoms with Crippen LogP contribution in [0.1, 0.15) is 18.9 Å². The number of aliphatic hydroxyl groups excluding tert-OH is 1. The van der Waals surface area contributed by atoms with E-state index in [-0.39, 0.29) is 29.9 Å². The smallest absolute Gasteiger partial charge is 0.150 e. The van der Waals surface area contributed by atoms with E-state index in [2.05, 4.69) is 5.10 Å². The summed E-state index contributed by atoms with van der Waals surface area (Å²) >= 11 is 0. The predicted octanol–water partition coefficient (Wildman–Crippen LogP) is 0.489. The summed E-state index contributed by atoms with van der Waals surface area (Å²) in [7, 11) is -2.87. The third-order valence-corrected chi connectivity index (χ3v) is 5.47. The highest BCUT2D eigenvalue weighted by Crippen LogP contribution is 2.28. The molecule has 1 saturated heterocycles. The molecule has 1 fully saturated rings. The first-order chi connectivity index (χ1) is 8.54. The monoisotopic (exact) mass is 272 g/mol. The SMILES string of the molecule is CCn1cc(CC(CO)C2CCS(=O)(=O)C2)cn1. The molecule has 1 aliphatic heterocycles. The van der Waals surface area contributed by atoms with E-state index in [4.69, 9.17) is 0 Å². The molecule has 0 saturated carbocycles. The molecule has 102 valence electrons. The van der Waals surface area contributed by atoms with E-state index in [1.54, 1.807) is 6.20 Å². The molecule has 1 aliphatic rings. The lowest BCUT2D eigenvalue weighted by molar-refractivity contribution is 0.184. The number of rotatable bonds is 5. The molecule has 0 spiro atoms. The number of aliphatic hydroxyl groups is 1. The Bertz CT molecular complexity index is 495. The summed E-state index contributed by atoms with van der Waals surface area (Å²) in [6.45, 7) is 2.88. The molecule has 6 heteroatoms. The molecule has 2 rings (SSSR count). The van der Waals surface area contributed by atoms with Crippen LogP contribution in [0.4, 0.5) is 0 Å². The third-order valence-electron chi connectivity index (χ3n) is 3.68. The molecule has 0 amide bonds. The normalized spacial score (nSPS) is 24.2. The van der Waals surface area contributed by atoms with Gasteiger partial charge < -0.3 is 5.11 Å². The predicted molar refractivity (Wildman–Crippen MR) is 68.9 cm³/mol. The van der Waals surface area contributed by atoms with Crippen molar-refractivity contribution >= 4 is 9.84 Å². The van der Waals surface area contributed by atoms with Gasteiger partial charge in [-0.25, -0.2) is 8.42 Å². The number of aryl methyl sites for hydroxylation is 1. The quantitative estimate of drug-likeness (QED) is 0.846. The minimum Gasteiger partial charge on any atom is -0.396 e. The van der Waals surface area contributed by atoms with Crippen LogP contribution in [0.2, 0.25) is 0 Å². The van der Waals surface area contributed by atoms with Crippen LogP contribution in [0, 0.1) is 11.8 Å². The van der Waals surface area contributed by atoms with Crippen molar-refractivity contribution in [2.75, 3.05) is 18.1 Å². The molecule has 0 radical (unpaired) electrons. The fourth-order valence-electron chi connectivity index (χ4n) is 2.56. The molecule has 1 aromatic rings. The Balaban J connectivity index is 2.01. The summed E-state index contributed by atoms with van der Waals surface area (Å²) in [5.74, 6) is 0.601. The average Bonchev–Trinajstić information content (AvgIpc) is 2.92. The molecular weight excluding hydrogens is 252 g/mol. The molecule has 18 heavy (non-hydrogen) atoms. The highest BCUT2D eigenvalue weighted by atomic mass is 32.2. The van der Waals surface area contributed by atoms with E-state index >= 15 is 0 Å². The first-order valence-electron chi connectivity index (χ1n) is 6.36. The van der Waals surface area contributed by atoms with Gasteiger partial charge in [-0.2, -0.15) is 5.10 Å². The van der Waals surface area contributed by atoms with Crippen molar-refractivity contribution in [3.8, 4) is 0 Å². The van der Waals surface area contributed by atoms with Crippen molar-refractivity contribution in [1.82, 2.24) is 9.78 Å². The molecule has 1 aromatic heterocycles. The van der Waals surface area contributed by atoms with Crippen LogP contribution in [-0.2, 0) is 22.8 Å². The van der Waals surface area contributed by atoms with Gasteiger partial charge in [0.25, 0.3) is 0 Å². The Kier molecular flexibility index (Phi) is 4.07. The van der Waals surface area contributed by atoms with E-state index in [1.165, 1.54) is 0 Å². The molecule has 0 bridgehead atoms. The molecular formula is C12H20N2O3S. The van der Waals surface area contributed by atoms with E-state index in [9.17, 15) is 13.5 Å². The molecule has 2 atom stereocenters. The van der Waals surface area contributed by atoms with Crippen LogP contribution in [-0.4, -0.2) is 41.4 Å². The maximum Gasteiger partial charge on any atom is 0.150 e. The summed E-state index contributed by atoms with van der Waals surface area (Å²) < 4.78 is 24.8. The van der Waals surface area contributed by atoms with Crippen LogP contribution in [0.25, 0.3) is 0 Å². The zero-order chi connectivity index (χ0) is 13.2. The maximum atomic E-state index is 11.5. The van der Waals surface area contributed by atoms with Gasteiger partial charge in [0, 0.05) is 19.3 Å². The van der Waals surface area contributed by atoms with Gasteiger partial charge in [-0.3, -0.25) is 4.68 Å². The summed E-state index contributed by atoms with van der Waals surface area (Å²) in [4.78, 5) is 0. The summed E-state index contributed by atoms with van der Waals surface area (Å²) in [5.41, 5.74) is 1.07. The van der Waals surface area contributed by atoms with Gasteiger partial charge in [0.15, 0.2) is 9.84 Å². The second-order valence-electron chi connectivity index (χ2n) is 5.01. The van der Waals surface area contributed by atoms with Crippen molar-refractivity contribution in [3.63, 3.8) is 0 Å². The van der Waals surface area contributed by atoms with Gasteiger partial charge in [0.05, 0.1) is 17.7 Å². The number of nitrogens with zero attached hydrogens (tertiary/aromatic N) is 2. The Morgan fingerprint density at radius 2 is 2.39 bits per heavy atom. The lowest BCUT2D eigenvalue weighted by Gasteiger charge is -2.19. The molecule has 0 aliphatic carbocycles. The second kappa shape index (κ2) is 5.40. The number of hydrogen-bond donors (Lipinski definition) is 1. The highest BCUT2D eigenvalue weighted by Gasteiger charge is 2.33. The van der Waals surface area contributed by atoms with Crippen molar-refractivity contribution < 1.29 is 13.5 Å². The first kappa shape index (κ1) is 13.5. The van der Waals surface area contributed by atoms with Gasteiger partial charge in [0.1, 0.15) is 0 Å². The first-order valence-corrected chi connectivity index (χ1v) is 8.19. The summed E-state index contributed by atoms with van der Waals surface area (Å²) in [6.07, 6.45) is 5.15. The molecule has 5 nitrogen and oxygen atoms in total. The Morgan fingerprint density at radius 1 is 1.61 bits per heavy atom. The number of sulfone groups is 1. The Labute approximate surface area is 108 Å². The summed E-state index contributed by atoms with van der Waals surface area (Å²) in [5, 5.41) is 13.7. The van der Waals surface area contributed by atoms with E-state index in [0.717, 1.165) is 12.1 Å². The Morgan fingerprint density at radius 3 is 2.89 bits per heavy atom. The standard InChI is InChI=1S/C12H20N2O3S/c1-2-14-7-10(6-13-14)5-12(8-15)11-3-4-18(16,17)9-11/h6-7,11-12,15H,2-5,8-9H2,1H3. The fraction of sp³-hybridized carbons (Fsp3) is 0.750. The topological polar surface area (TPSA) is 72.2 Å². The molecule has 2 unspecified atom stereocenters. The van der Waals surface area contributed by atoms with Crippen LogP contribution >= 0.6 is 0 Å². The van der Waals surface area contributed by atoms with Crippen LogP contribution in [0.5, 0.6) is 0 Å². The van der Waals surface area contributed by atoms with Gasteiger partial charge in [0.2, 0.25) is 0 Å². The third kappa shape index (κ3) is 3.11. The number of hydrogen-bond acceptors (Lipinski definition) is 4. The van der Waals surface area contributed by atoms with Crippen LogP contribution in [0.3, 0.4) is 0 Å². The highest BCUT2D eigenvalue weighted by molar-refractivity contribution is 7.91. The largest absolute Gasteiger partial charge is 0.396 e. The zero-order valence-electron chi connectivity index (χ0n) is 10.6. The molecule has 1 N–H and O–H groups in total. The molecule has 2 heterocycles. The lowest BCUT2D eigenvalue weighted by atomic mass is 9.88. The van der Waals surface area contributed by atoms with Gasteiger partial charge >= 0.3 is 0 Å². The van der Waals surface area contributed by atoms with Crippen LogP contribution < -0.4 is 0 Å². The maximum absolute atomic E-state index is 11.5. The Hall–Kier alpha value is -0.880. The second-order valence-corrected chi connectivity index (χ2v) is 7.24. The average molecular weight is 272 g/mol. The zero-order valence-corrected chi connectivity index (χ0v) is 11.4. The number of aromatic nitrogens is 2. The fourth-order valence-corrected chi connectivity index (χ4v) is 4.48. The lowest BCUT2D eigenvalue weighted by Crippen LogP contribution is -2.22. The minimum absolute atomic E-state index is 0.0248. The van der Waals surface area contributed by atoms with Crippen molar-refractivity contribution in [1.29, 1.82) is 0 Å². The van der Waals surface area contributed by atoms with Crippen molar-refractivity contribution in [2.24, 2.45) is 11.8 Å². The van der Waals surface area contributed by atoms with Gasteiger partial charge in [-0.1, -0.05) is 0 Å². The van der Waals surface area contributed by atoms with E-state index in [1.807, 2.05) is 17.8 Å². The summed E-state index contributed by atoms with van der Waals surface area (Å²) in [6, 6.07) is 0. The van der Waals surface area contributed by atoms with Crippen molar-refractivity contribution in [3.05, 3.63) is 18.0 Å². The van der Waals surface area contributed by atoms with Crippen LogP contribution in [0.15, 0.2) is 12.4 Å².